The number of allylic oxidation sites excluding steroid dienone is 2. The smallest absolute Gasteiger partial charge is 0.450 e. The van der Waals surface area contributed by atoms with Crippen molar-refractivity contribution in [3.63, 3.8) is 0 Å². The van der Waals surface area contributed by atoms with Gasteiger partial charge in [0.15, 0.2) is 0 Å². The molecule has 0 aromatic heterocycles. The maximum absolute atomic E-state index is 11.0. The summed E-state index contributed by atoms with van der Waals surface area (Å²) in [7, 11) is 0. The van der Waals surface area contributed by atoms with Crippen LogP contribution in [0.2, 0.25) is 0 Å². The third kappa shape index (κ3) is 51.9. The second kappa shape index (κ2) is 5.57. The van der Waals surface area contributed by atoms with Gasteiger partial charge in [-0.2, -0.15) is 13.2 Å². The van der Waals surface area contributed by atoms with Crippen LogP contribution in [0.1, 0.15) is 6.92 Å². The van der Waals surface area contributed by atoms with Crippen molar-refractivity contribution < 1.29 is 28.2 Å². The quantitative estimate of drug-likeness (QED) is 0.551. The molecule has 0 saturated carbocycles. The van der Waals surface area contributed by atoms with Crippen LogP contribution in [0.4, 0.5) is 18.0 Å². The van der Waals surface area contributed by atoms with E-state index in [1.54, 1.807) is 0 Å². The number of alkyl halides is 3. The van der Waals surface area contributed by atoms with Crippen molar-refractivity contribution in [2.24, 2.45) is 0 Å². The Morgan fingerprint density at radius 2 is 1.64 bits per heavy atom. The van der Waals surface area contributed by atoms with Crippen LogP contribution >= 0.6 is 0 Å². The van der Waals surface area contributed by atoms with E-state index in [1.165, 1.54) is 6.92 Å². The first kappa shape index (κ1) is 12.5. The molecule has 0 heterocycles. The zero-order valence-electron chi connectivity index (χ0n) is 5.59. The molecule has 0 saturated heterocycles. The van der Waals surface area contributed by atoms with Gasteiger partial charge < -0.3 is 10.2 Å². The first-order valence-electron chi connectivity index (χ1n) is 2.42. The molecule has 0 spiro atoms. The number of carboxylic acid groups (broad SMARTS) is 2. The van der Waals surface area contributed by atoms with Crippen molar-refractivity contribution in [2.45, 2.75) is 13.1 Å². The third-order valence-corrected chi connectivity index (χ3v) is 0.356. The predicted molar refractivity (Wildman–Crippen MR) is 31.5 cm³/mol. The molecule has 11 heavy (non-hydrogen) atoms. The lowest BCUT2D eigenvalue weighted by atomic mass is 10.5. The minimum absolute atomic E-state index is 0.188. The molecule has 0 aliphatic heterocycles. The summed E-state index contributed by atoms with van der Waals surface area (Å²) >= 11 is 0. The monoisotopic (exact) mass is 172 g/mol. The SMILES string of the molecule is CC=CC(F)(F)F.O=C(O)O. The Hall–Kier alpha value is -1.20. The summed E-state index contributed by atoms with van der Waals surface area (Å²) in [6, 6.07) is 0. The maximum atomic E-state index is 11.0. The van der Waals surface area contributed by atoms with Gasteiger partial charge in [-0.15, -0.1) is 0 Å². The molecule has 0 fully saturated rings. The standard InChI is InChI=1S/C4H5F3.CH2O3/c1-2-3-4(5,6)7;2-1(3)4/h2-3H,1H3;(H2,2,3,4). The van der Waals surface area contributed by atoms with E-state index in [9.17, 15) is 13.2 Å². The number of hydrogen-bond donors (Lipinski definition) is 2. The van der Waals surface area contributed by atoms with Gasteiger partial charge in [0.2, 0.25) is 0 Å². The molecule has 0 rings (SSSR count). The number of hydrogen-bond acceptors (Lipinski definition) is 1. The third-order valence-electron chi connectivity index (χ3n) is 0.356. The average Bonchev–Trinajstić information content (AvgIpc) is 1.58. The summed E-state index contributed by atoms with van der Waals surface area (Å²) in [5, 5.41) is 13.9. The zero-order chi connectivity index (χ0) is 9.49. The zero-order valence-corrected chi connectivity index (χ0v) is 5.59. The Morgan fingerprint density at radius 1 is 1.36 bits per heavy atom. The lowest BCUT2D eigenvalue weighted by Gasteiger charge is -1.93. The minimum atomic E-state index is -4.13. The molecule has 6 heteroatoms. The van der Waals surface area contributed by atoms with E-state index in [-0.39, 0.29) is 6.08 Å². The Labute approximate surface area is 60.8 Å². The van der Waals surface area contributed by atoms with Crippen molar-refractivity contribution in [2.75, 3.05) is 0 Å². The van der Waals surface area contributed by atoms with Crippen LogP contribution in [0, 0.1) is 0 Å². The highest BCUT2D eigenvalue weighted by atomic mass is 19.4. The van der Waals surface area contributed by atoms with Crippen molar-refractivity contribution in [3.05, 3.63) is 12.2 Å². The molecule has 0 atom stereocenters. The molecule has 0 aliphatic carbocycles. The first-order chi connectivity index (χ1) is 4.79. The van der Waals surface area contributed by atoms with Crippen LogP contribution in [0.25, 0.3) is 0 Å². The van der Waals surface area contributed by atoms with Gasteiger partial charge in [-0.1, -0.05) is 6.08 Å². The van der Waals surface area contributed by atoms with Crippen LogP contribution < -0.4 is 0 Å². The molecule has 0 aliphatic rings. The van der Waals surface area contributed by atoms with E-state index >= 15 is 0 Å². The van der Waals surface area contributed by atoms with Crippen LogP contribution in [-0.4, -0.2) is 22.5 Å². The fourth-order valence-electron chi connectivity index (χ4n) is 0.189. The van der Waals surface area contributed by atoms with Gasteiger partial charge >= 0.3 is 12.3 Å². The highest BCUT2D eigenvalue weighted by Crippen LogP contribution is 2.15. The summed E-state index contributed by atoms with van der Waals surface area (Å²) in [5.74, 6) is 0. The fraction of sp³-hybridized carbons (Fsp3) is 0.400. The average molecular weight is 172 g/mol. The summed E-state index contributed by atoms with van der Waals surface area (Å²) in [6.45, 7) is 1.33. The molecule has 0 bridgehead atoms. The number of carbonyl (C=O) groups is 1. The second-order valence-corrected chi connectivity index (χ2v) is 1.32. The van der Waals surface area contributed by atoms with E-state index in [2.05, 4.69) is 0 Å². The Morgan fingerprint density at radius 3 is 1.64 bits per heavy atom. The molecule has 0 radical (unpaired) electrons. The summed E-state index contributed by atoms with van der Waals surface area (Å²) in [5.41, 5.74) is 0. The van der Waals surface area contributed by atoms with Crippen LogP contribution in [0.3, 0.4) is 0 Å². The molecule has 0 unspecified atom stereocenters. The molecule has 66 valence electrons. The summed E-state index contributed by atoms with van der Waals surface area (Å²) in [4.78, 5) is 8.56. The largest absolute Gasteiger partial charge is 0.503 e. The molecule has 2 N–H and O–H groups in total. The molecule has 0 amide bonds. The van der Waals surface area contributed by atoms with E-state index in [0.29, 0.717) is 0 Å². The van der Waals surface area contributed by atoms with Gasteiger partial charge in [0.05, 0.1) is 0 Å². The Kier molecular flexibility index (Phi) is 6.32. The summed E-state index contributed by atoms with van der Waals surface area (Å²) < 4.78 is 32.9. The minimum Gasteiger partial charge on any atom is -0.450 e. The van der Waals surface area contributed by atoms with Crippen molar-refractivity contribution in [1.29, 1.82) is 0 Å². The molecule has 0 aromatic carbocycles. The van der Waals surface area contributed by atoms with Gasteiger partial charge in [-0.3, -0.25) is 0 Å². The van der Waals surface area contributed by atoms with Gasteiger partial charge in [0.1, 0.15) is 0 Å². The molecular weight excluding hydrogens is 165 g/mol. The second-order valence-electron chi connectivity index (χ2n) is 1.32. The number of halogens is 3. The summed E-state index contributed by atoms with van der Waals surface area (Å²) in [6.07, 6.45) is -4.82. The van der Waals surface area contributed by atoms with E-state index in [4.69, 9.17) is 15.0 Å². The molecular formula is C5H7F3O3. The van der Waals surface area contributed by atoms with Crippen LogP contribution in [0.15, 0.2) is 12.2 Å². The molecule has 3 nitrogen and oxygen atoms in total. The first-order valence-corrected chi connectivity index (χ1v) is 2.42. The Balaban J connectivity index is 0. The topological polar surface area (TPSA) is 57.5 Å². The normalized spacial score (nSPS) is 10.5. The highest BCUT2D eigenvalue weighted by molar-refractivity contribution is 5.53. The maximum Gasteiger partial charge on any atom is 0.503 e. The lowest BCUT2D eigenvalue weighted by Crippen LogP contribution is -1.99. The van der Waals surface area contributed by atoms with Gasteiger partial charge in [-0.25, -0.2) is 4.79 Å². The highest BCUT2D eigenvalue weighted by Gasteiger charge is 2.20. The van der Waals surface area contributed by atoms with Crippen molar-refractivity contribution in [3.8, 4) is 0 Å². The van der Waals surface area contributed by atoms with Gasteiger partial charge in [0, 0.05) is 6.08 Å². The van der Waals surface area contributed by atoms with E-state index < -0.39 is 12.3 Å². The fourth-order valence-corrected chi connectivity index (χ4v) is 0.189. The number of rotatable bonds is 0. The van der Waals surface area contributed by atoms with Gasteiger partial charge in [0.25, 0.3) is 0 Å². The molecule has 0 aromatic rings. The predicted octanol–water partition coefficient (Wildman–Crippen LogP) is 2.35. The lowest BCUT2D eigenvalue weighted by molar-refractivity contribution is -0.0799. The van der Waals surface area contributed by atoms with Crippen LogP contribution in [-0.2, 0) is 0 Å². The van der Waals surface area contributed by atoms with Crippen LogP contribution in [0.5, 0.6) is 0 Å². The van der Waals surface area contributed by atoms with Crippen molar-refractivity contribution >= 4 is 6.16 Å². The van der Waals surface area contributed by atoms with E-state index in [1.807, 2.05) is 0 Å². The van der Waals surface area contributed by atoms with Gasteiger partial charge in [-0.05, 0) is 6.92 Å². The van der Waals surface area contributed by atoms with E-state index in [0.717, 1.165) is 6.08 Å². The Bertz CT molecular complexity index is 134. The van der Waals surface area contributed by atoms with Crippen molar-refractivity contribution in [1.82, 2.24) is 0 Å².